The van der Waals surface area contributed by atoms with Gasteiger partial charge in [-0.05, 0) is 71.4 Å². The van der Waals surface area contributed by atoms with Gasteiger partial charge in [0, 0.05) is 0 Å². The molecular formula is C33H40O. The molecule has 0 saturated heterocycles. The van der Waals surface area contributed by atoms with Gasteiger partial charge in [-0.2, -0.15) is 0 Å². The van der Waals surface area contributed by atoms with E-state index < -0.39 is 0 Å². The second-order valence-electron chi connectivity index (χ2n) is 10.1. The van der Waals surface area contributed by atoms with Crippen molar-refractivity contribution in [1.29, 1.82) is 0 Å². The monoisotopic (exact) mass is 452 g/mol. The molecule has 0 N–H and O–H groups in total. The van der Waals surface area contributed by atoms with Crippen molar-refractivity contribution in [1.82, 2.24) is 0 Å². The molecule has 1 aliphatic rings. The van der Waals surface area contributed by atoms with E-state index in [1.807, 2.05) is 0 Å². The first kappa shape index (κ1) is 24.3. The molecule has 0 radical (unpaired) electrons. The fourth-order valence-corrected chi connectivity index (χ4v) is 5.19. The van der Waals surface area contributed by atoms with E-state index in [0.717, 1.165) is 30.6 Å². The highest BCUT2D eigenvalue weighted by Gasteiger charge is 2.20. The standard InChI is InChI=1S/C33H40O/c1-3-7-27-14-18-31(19-15-27)25-34-33-22-20-29(21-23-33)11-10-28-12-16-30(17-13-28)24-26(2)32-8-5-4-6-9-32/h4-6,8-13,16-17,20-23,26-27,31H,3,7,14-15,18-19,24-25H2,1-2H3/t26-,27?,31?/m0/s1. The Balaban J connectivity index is 1.23. The molecule has 34 heavy (non-hydrogen) atoms. The van der Waals surface area contributed by atoms with E-state index in [-0.39, 0.29) is 0 Å². The largest absolute Gasteiger partial charge is 0.493 e. The summed E-state index contributed by atoms with van der Waals surface area (Å²) in [6, 6.07) is 28.2. The van der Waals surface area contributed by atoms with Crippen LogP contribution < -0.4 is 4.74 Å². The molecule has 0 bridgehead atoms. The molecule has 1 nitrogen and oxygen atoms in total. The highest BCUT2D eigenvalue weighted by atomic mass is 16.5. The van der Waals surface area contributed by atoms with Gasteiger partial charge in [-0.1, -0.05) is 118 Å². The predicted octanol–water partition coefficient (Wildman–Crippen LogP) is 9.19. The van der Waals surface area contributed by atoms with Gasteiger partial charge < -0.3 is 4.74 Å². The van der Waals surface area contributed by atoms with Gasteiger partial charge in [0.25, 0.3) is 0 Å². The fourth-order valence-electron chi connectivity index (χ4n) is 5.19. The summed E-state index contributed by atoms with van der Waals surface area (Å²) in [6.45, 7) is 5.47. The van der Waals surface area contributed by atoms with Crippen molar-refractivity contribution in [2.75, 3.05) is 6.61 Å². The van der Waals surface area contributed by atoms with Crippen molar-refractivity contribution in [3.05, 3.63) is 101 Å². The summed E-state index contributed by atoms with van der Waals surface area (Å²) >= 11 is 0. The summed E-state index contributed by atoms with van der Waals surface area (Å²) < 4.78 is 6.11. The maximum atomic E-state index is 6.11. The molecule has 0 amide bonds. The topological polar surface area (TPSA) is 9.23 Å². The Kier molecular flexibility index (Phi) is 9.02. The van der Waals surface area contributed by atoms with Gasteiger partial charge in [-0.15, -0.1) is 0 Å². The van der Waals surface area contributed by atoms with Gasteiger partial charge in [-0.25, -0.2) is 0 Å². The van der Waals surface area contributed by atoms with Crippen LogP contribution in [-0.4, -0.2) is 6.61 Å². The molecule has 1 fully saturated rings. The number of rotatable bonds is 10. The third-order valence-corrected chi connectivity index (χ3v) is 7.39. The molecule has 0 aromatic heterocycles. The van der Waals surface area contributed by atoms with E-state index in [1.54, 1.807) is 0 Å². The second kappa shape index (κ2) is 12.6. The summed E-state index contributed by atoms with van der Waals surface area (Å²) in [6.07, 6.45) is 13.6. The highest BCUT2D eigenvalue weighted by molar-refractivity contribution is 5.69. The van der Waals surface area contributed by atoms with E-state index in [1.165, 1.54) is 60.8 Å². The molecule has 0 aliphatic heterocycles. The maximum absolute atomic E-state index is 6.11. The Morgan fingerprint density at radius 3 is 1.97 bits per heavy atom. The van der Waals surface area contributed by atoms with E-state index in [2.05, 4.69) is 105 Å². The SMILES string of the molecule is CCCC1CCC(COc2ccc(C=Cc3ccc(C[C@H](C)c4ccccc4)cc3)cc2)CC1. The number of benzene rings is 3. The lowest BCUT2D eigenvalue weighted by atomic mass is 9.80. The number of hydrogen-bond acceptors (Lipinski definition) is 1. The molecule has 0 heterocycles. The van der Waals surface area contributed by atoms with Gasteiger partial charge in [-0.3, -0.25) is 0 Å². The Hall–Kier alpha value is -2.80. The summed E-state index contributed by atoms with van der Waals surface area (Å²) in [5.74, 6) is 3.21. The van der Waals surface area contributed by atoms with Crippen molar-refractivity contribution in [2.45, 2.75) is 64.7 Å². The third kappa shape index (κ3) is 7.35. The highest BCUT2D eigenvalue weighted by Crippen LogP contribution is 2.32. The van der Waals surface area contributed by atoms with Crippen LogP contribution in [0.1, 0.15) is 80.5 Å². The molecule has 0 unspecified atom stereocenters. The molecule has 1 heteroatoms. The van der Waals surface area contributed by atoms with Crippen LogP contribution in [0.2, 0.25) is 0 Å². The van der Waals surface area contributed by atoms with Crippen LogP contribution in [0.3, 0.4) is 0 Å². The Bertz CT molecular complexity index is 993. The minimum Gasteiger partial charge on any atom is -0.493 e. The first-order valence-electron chi connectivity index (χ1n) is 13.2. The van der Waals surface area contributed by atoms with Crippen molar-refractivity contribution < 1.29 is 4.74 Å². The van der Waals surface area contributed by atoms with Crippen molar-refractivity contribution in [3.63, 3.8) is 0 Å². The van der Waals surface area contributed by atoms with Crippen LogP contribution >= 0.6 is 0 Å². The van der Waals surface area contributed by atoms with Crippen LogP contribution in [0.4, 0.5) is 0 Å². The minimum atomic E-state index is 0.527. The van der Waals surface area contributed by atoms with E-state index in [9.17, 15) is 0 Å². The third-order valence-electron chi connectivity index (χ3n) is 7.39. The van der Waals surface area contributed by atoms with E-state index in [0.29, 0.717) is 5.92 Å². The van der Waals surface area contributed by atoms with Gasteiger partial charge in [0.15, 0.2) is 0 Å². The normalized spacial score (nSPS) is 19.2. The second-order valence-corrected chi connectivity index (χ2v) is 10.1. The van der Waals surface area contributed by atoms with Crippen molar-refractivity contribution >= 4 is 12.2 Å². The molecule has 3 aromatic rings. The van der Waals surface area contributed by atoms with E-state index in [4.69, 9.17) is 4.74 Å². The average Bonchev–Trinajstić information content (AvgIpc) is 2.89. The predicted molar refractivity (Wildman–Crippen MR) is 146 cm³/mol. The quantitative estimate of drug-likeness (QED) is 0.279. The molecule has 178 valence electrons. The zero-order valence-electron chi connectivity index (χ0n) is 21.0. The lowest BCUT2D eigenvalue weighted by Crippen LogP contribution is -2.20. The molecule has 4 rings (SSSR count). The molecule has 1 aliphatic carbocycles. The van der Waals surface area contributed by atoms with Crippen LogP contribution in [0, 0.1) is 11.8 Å². The summed E-state index contributed by atoms with van der Waals surface area (Å²) in [5, 5.41) is 0. The Labute approximate surface area is 206 Å². The van der Waals surface area contributed by atoms with Gasteiger partial charge in [0.2, 0.25) is 0 Å². The number of ether oxygens (including phenoxy) is 1. The summed E-state index contributed by atoms with van der Waals surface area (Å²) in [7, 11) is 0. The first-order chi connectivity index (χ1) is 16.7. The van der Waals surface area contributed by atoms with Gasteiger partial charge in [0.1, 0.15) is 5.75 Å². The van der Waals surface area contributed by atoms with Gasteiger partial charge in [0.05, 0.1) is 6.61 Å². The Morgan fingerprint density at radius 1 is 0.765 bits per heavy atom. The number of hydrogen-bond donors (Lipinski definition) is 0. The summed E-state index contributed by atoms with van der Waals surface area (Å²) in [5.41, 5.74) is 5.22. The minimum absolute atomic E-state index is 0.527. The van der Waals surface area contributed by atoms with Crippen LogP contribution in [0.25, 0.3) is 12.2 Å². The smallest absolute Gasteiger partial charge is 0.119 e. The van der Waals surface area contributed by atoms with Crippen LogP contribution in [-0.2, 0) is 6.42 Å². The van der Waals surface area contributed by atoms with Crippen molar-refractivity contribution in [2.24, 2.45) is 11.8 Å². The zero-order valence-corrected chi connectivity index (χ0v) is 21.0. The van der Waals surface area contributed by atoms with Crippen LogP contribution in [0.15, 0.2) is 78.9 Å². The molecule has 1 saturated carbocycles. The molecule has 3 aromatic carbocycles. The zero-order chi connectivity index (χ0) is 23.6. The molecular weight excluding hydrogens is 412 g/mol. The summed E-state index contributed by atoms with van der Waals surface area (Å²) in [4.78, 5) is 0. The van der Waals surface area contributed by atoms with Gasteiger partial charge >= 0.3 is 0 Å². The molecule has 0 spiro atoms. The van der Waals surface area contributed by atoms with Crippen LogP contribution in [0.5, 0.6) is 5.75 Å². The average molecular weight is 453 g/mol. The van der Waals surface area contributed by atoms with E-state index >= 15 is 0 Å². The Morgan fingerprint density at radius 2 is 1.35 bits per heavy atom. The maximum Gasteiger partial charge on any atom is 0.119 e. The lowest BCUT2D eigenvalue weighted by molar-refractivity contribution is 0.178. The lowest BCUT2D eigenvalue weighted by Gasteiger charge is -2.28. The fraction of sp³-hybridized carbons (Fsp3) is 0.394. The first-order valence-corrected chi connectivity index (χ1v) is 13.2. The van der Waals surface area contributed by atoms with Crippen molar-refractivity contribution in [3.8, 4) is 5.75 Å². The molecule has 1 atom stereocenters.